The number of hydrogen-bond donors (Lipinski definition) is 1. The average molecular weight is 570 g/mol. The number of likely N-dealkylation sites (N-methyl/N-ethyl adjacent to an activating group) is 1. The predicted molar refractivity (Wildman–Crippen MR) is 164 cm³/mol. The zero-order valence-electron chi connectivity index (χ0n) is 27.0. The van der Waals surface area contributed by atoms with Crippen LogP contribution in [0, 0.1) is 40.4 Å². The summed E-state index contributed by atoms with van der Waals surface area (Å²) in [7, 11) is 6.49. The largest absolute Gasteiger partial charge is 0.436 e. The topological polar surface area (TPSA) is 71.0 Å². The highest BCUT2D eigenvalue weighted by Crippen LogP contribution is 2.66. The minimum Gasteiger partial charge on any atom is -0.329 e. The lowest BCUT2D eigenvalue weighted by atomic mass is 9.46. The highest BCUT2D eigenvalue weighted by molar-refractivity contribution is 5.91. The van der Waals surface area contributed by atoms with Crippen molar-refractivity contribution in [3.8, 4) is 0 Å². The molecule has 1 aliphatic heterocycles. The van der Waals surface area contributed by atoms with Crippen LogP contribution in [0.5, 0.6) is 0 Å². The molecule has 1 N–H and O–H groups in total. The van der Waals surface area contributed by atoms with Gasteiger partial charge in [-0.05, 0) is 112 Å². The van der Waals surface area contributed by atoms with Gasteiger partial charge in [-0.2, -0.15) is 0 Å². The number of allylic oxidation sites excluding steroid dienone is 1. The molecule has 0 aromatic carbocycles. The molecule has 2 unspecified atom stereocenters. The molecule has 7 nitrogen and oxygen atoms in total. The van der Waals surface area contributed by atoms with E-state index >= 15 is 0 Å². The van der Waals surface area contributed by atoms with Gasteiger partial charge >= 0.3 is 6.09 Å². The SMILES string of the molecule is C/C(=N\OC(=O)N(CCC1NCCC1C)CC[N+](C)(C)C)[C@H]1CC[C@H]2[C@@H]3CCC4=CC(=O)CC[C@]4(C)[C@H]3CC[C@]12C. The first-order chi connectivity index (χ1) is 19.3. The maximum atomic E-state index is 13.3. The maximum Gasteiger partial charge on any atom is 0.436 e. The van der Waals surface area contributed by atoms with Crippen molar-refractivity contribution < 1.29 is 18.9 Å². The van der Waals surface area contributed by atoms with Crippen LogP contribution in [0.1, 0.15) is 91.9 Å². The molecule has 8 atom stereocenters. The lowest BCUT2D eigenvalue weighted by Gasteiger charge is -2.58. The van der Waals surface area contributed by atoms with Crippen LogP contribution >= 0.6 is 0 Å². The Balaban J connectivity index is 1.24. The number of nitrogens with zero attached hydrogens (tertiary/aromatic N) is 3. The standard InChI is InChI=1S/C34H57N4O3/c1-23-14-18-35-31(23)15-19-37(20-21-38(5,6)7)32(40)41-36-24(2)28-10-11-29-27-9-8-25-22-26(39)12-16-33(25,3)30(27)13-17-34(28,29)4/h22-23,27-31,35H,8-21H2,1-7H3/q+1/b36-24+/t23?,27-,28+,29-,30-,31?,33-,34+/m0/s1. The van der Waals surface area contributed by atoms with Gasteiger partial charge in [-0.25, -0.2) is 4.79 Å². The summed E-state index contributed by atoms with van der Waals surface area (Å²) in [5.74, 6) is 3.44. The van der Waals surface area contributed by atoms with Gasteiger partial charge in [0.15, 0.2) is 5.78 Å². The zero-order valence-corrected chi connectivity index (χ0v) is 27.0. The molecule has 0 radical (unpaired) electrons. The van der Waals surface area contributed by atoms with Gasteiger partial charge in [0.05, 0.1) is 39.9 Å². The Morgan fingerprint density at radius 3 is 2.56 bits per heavy atom. The number of oxime groups is 1. The average Bonchev–Trinajstić information content (AvgIpc) is 3.49. The number of carbonyl (C=O) groups excluding carboxylic acids is 2. The normalized spacial score (nSPS) is 39.0. The summed E-state index contributed by atoms with van der Waals surface area (Å²) in [4.78, 5) is 33.1. The van der Waals surface area contributed by atoms with E-state index < -0.39 is 0 Å². The fraction of sp³-hybridized carbons (Fsp3) is 0.853. The quantitative estimate of drug-likeness (QED) is 0.167. The number of ketones is 1. The number of nitrogens with one attached hydrogen (secondary N) is 1. The second-order valence-corrected chi connectivity index (χ2v) is 15.8. The van der Waals surface area contributed by atoms with Crippen molar-refractivity contribution in [1.82, 2.24) is 10.2 Å². The molecule has 0 aromatic heterocycles. The van der Waals surface area contributed by atoms with E-state index in [1.807, 2.05) is 11.0 Å². The fourth-order valence-electron chi connectivity index (χ4n) is 9.77. The van der Waals surface area contributed by atoms with Crippen LogP contribution in [0.25, 0.3) is 0 Å². The van der Waals surface area contributed by atoms with E-state index in [1.54, 1.807) is 0 Å². The minimum absolute atomic E-state index is 0.204. The molecule has 5 rings (SSSR count). The Bertz CT molecular complexity index is 1060. The highest BCUT2D eigenvalue weighted by atomic mass is 16.7. The highest BCUT2D eigenvalue weighted by Gasteiger charge is 2.59. The summed E-state index contributed by atoms with van der Waals surface area (Å²) in [6, 6.07) is 0.466. The van der Waals surface area contributed by atoms with Gasteiger partial charge in [0, 0.05) is 24.9 Å². The van der Waals surface area contributed by atoms with Gasteiger partial charge in [-0.15, -0.1) is 0 Å². The van der Waals surface area contributed by atoms with Gasteiger partial charge in [0.25, 0.3) is 0 Å². The fourth-order valence-corrected chi connectivity index (χ4v) is 9.77. The van der Waals surface area contributed by atoms with E-state index in [-0.39, 0.29) is 16.9 Å². The molecular weight excluding hydrogens is 512 g/mol. The molecule has 3 saturated carbocycles. The van der Waals surface area contributed by atoms with Crippen LogP contribution in [0.3, 0.4) is 0 Å². The molecule has 4 fully saturated rings. The van der Waals surface area contributed by atoms with Gasteiger partial charge in [-0.1, -0.05) is 31.5 Å². The lowest BCUT2D eigenvalue weighted by molar-refractivity contribution is -0.869. The van der Waals surface area contributed by atoms with E-state index in [2.05, 4.69) is 59.3 Å². The number of rotatable bonds is 8. The van der Waals surface area contributed by atoms with Crippen LogP contribution in [0.15, 0.2) is 16.8 Å². The molecule has 7 heteroatoms. The third-order valence-corrected chi connectivity index (χ3v) is 12.4. The summed E-state index contributed by atoms with van der Waals surface area (Å²) < 4.78 is 0.806. The number of fused-ring (bicyclic) bond motifs is 5. The van der Waals surface area contributed by atoms with Crippen molar-refractivity contribution in [3.05, 3.63) is 11.6 Å². The van der Waals surface area contributed by atoms with Gasteiger partial charge in [0.1, 0.15) is 0 Å². The van der Waals surface area contributed by atoms with E-state index in [0.29, 0.717) is 55.0 Å². The Kier molecular flexibility index (Phi) is 8.80. The van der Waals surface area contributed by atoms with Gasteiger partial charge in [-0.3, -0.25) is 9.63 Å². The molecule has 5 aliphatic rings. The minimum atomic E-state index is -0.307. The van der Waals surface area contributed by atoms with Crippen LogP contribution in [0.4, 0.5) is 4.79 Å². The second-order valence-electron chi connectivity index (χ2n) is 15.8. The summed E-state index contributed by atoms with van der Waals surface area (Å²) in [6.07, 6.45) is 12.7. The van der Waals surface area contributed by atoms with E-state index in [4.69, 9.17) is 4.84 Å². The third-order valence-electron chi connectivity index (χ3n) is 12.4. The molecule has 4 aliphatic carbocycles. The van der Waals surface area contributed by atoms with Crippen LogP contribution in [0.2, 0.25) is 0 Å². The lowest BCUT2D eigenvalue weighted by Crippen LogP contribution is -2.51. The second kappa shape index (κ2) is 11.7. The molecule has 0 spiro atoms. The van der Waals surface area contributed by atoms with Crippen molar-refractivity contribution >= 4 is 17.6 Å². The van der Waals surface area contributed by atoms with Crippen molar-refractivity contribution in [2.24, 2.45) is 45.6 Å². The molecule has 0 bridgehead atoms. The van der Waals surface area contributed by atoms with E-state index in [1.165, 1.54) is 37.7 Å². The van der Waals surface area contributed by atoms with Crippen LogP contribution < -0.4 is 5.32 Å². The number of amides is 1. The van der Waals surface area contributed by atoms with Gasteiger partial charge in [0.2, 0.25) is 0 Å². The first-order valence-corrected chi connectivity index (χ1v) is 16.6. The van der Waals surface area contributed by atoms with Crippen molar-refractivity contribution in [2.75, 3.05) is 47.3 Å². The van der Waals surface area contributed by atoms with E-state index in [0.717, 1.165) is 54.9 Å². The Morgan fingerprint density at radius 2 is 1.85 bits per heavy atom. The molecular formula is C34H57N4O3+. The first kappa shape index (κ1) is 30.7. The molecule has 1 heterocycles. The maximum absolute atomic E-state index is 13.3. The number of hydrogen-bond acceptors (Lipinski definition) is 5. The van der Waals surface area contributed by atoms with Gasteiger partial charge < -0.3 is 14.7 Å². The first-order valence-electron chi connectivity index (χ1n) is 16.6. The Morgan fingerprint density at radius 1 is 1.07 bits per heavy atom. The predicted octanol–water partition coefficient (Wildman–Crippen LogP) is 6.04. The number of carbonyl (C=O) groups is 2. The zero-order chi connectivity index (χ0) is 29.6. The molecule has 41 heavy (non-hydrogen) atoms. The smallest absolute Gasteiger partial charge is 0.329 e. The number of quaternary nitrogens is 1. The summed E-state index contributed by atoms with van der Waals surface area (Å²) in [5, 5.41) is 8.15. The Labute approximate surface area is 249 Å². The van der Waals surface area contributed by atoms with Crippen LogP contribution in [-0.4, -0.2) is 80.3 Å². The van der Waals surface area contributed by atoms with Crippen molar-refractivity contribution in [2.45, 2.75) is 97.9 Å². The molecule has 1 amide bonds. The van der Waals surface area contributed by atoms with E-state index in [9.17, 15) is 9.59 Å². The summed E-state index contributed by atoms with van der Waals surface area (Å²) in [6.45, 7) is 12.7. The monoisotopic (exact) mass is 569 g/mol. The molecule has 1 saturated heterocycles. The molecule has 230 valence electrons. The Hall–Kier alpha value is -1.73. The molecule has 0 aromatic rings. The summed E-state index contributed by atoms with van der Waals surface area (Å²) in [5.41, 5.74) is 2.84. The van der Waals surface area contributed by atoms with Crippen LogP contribution in [-0.2, 0) is 9.63 Å². The van der Waals surface area contributed by atoms with Crippen molar-refractivity contribution in [1.29, 1.82) is 0 Å². The summed E-state index contributed by atoms with van der Waals surface area (Å²) >= 11 is 0. The van der Waals surface area contributed by atoms with Crippen molar-refractivity contribution in [3.63, 3.8) is 0 Å². The third kappa shape index (κ3) is 6.18.